The first-order chi connectivity index (χ1) is 10.7. The molecule has 0 bridgehead atoms. The van der Waals surface area contributed by atoms with Gasteiger partial charge in [0.1, 0.15) is 0 Å². The van der Waals surface area contributed by atoms with Crippen molar-refractivity contribution in [2.24, 2.45) is 5.92 Å². The quantitative estimate of drug-likeness (QED) is 0.578. The lowest BCUT2D eigenvalue weighted by molar-refractivity contribution is 0.374. The lowest BCUT2D eigenvalue weighted by atomic mass is 10.0. The highest BCUT2D eigenvalue weighted by molar-refractivity contribution is 5.54. The van der Waals surface area contributed by atoms with Gasteiger partial charge in [-0.15, -0.1) is 0 Å². The van der Waals surface area contributed by atoms with Gasteiger partial charge in [0.25, 0.3) is 0 Å². The van der Waals surface area contributed by atoms with Gasteiger partial charge >= 0.3 is 0 Å². The summed E-state index contributed by atoms with van der Waals surface area (Å²) in [5, 5.41) is 4.11. The number of hydrogen-bond donors (Lipinski definition) is 0. The summed E-state index contributed by atoms with van der Waals surface area (Å²) in [6.45, 7) is 6.70. The summed E-state index contributed by atoms with van der Waals surface area (Å²) in [5.41, 5.74) is 2.40. The molecular weight excluding hydrogens is 272 g/mol. The van der Waals surface area contributed by atoms with Crippen LogP contribution in [-0.4, -0.2) is 10.1 Å². The number of hydrogen-bond acceptors (Lipinski definition) is 3. The highest BCUT2D eigenvalue weighted by Crippen LogP contribution is 2.19. The topological polar surface area (TPSA) is 38.9 Å². The summed E-state index contributed by atoms with van der Waals surface area (Å²) in [5.74, 6) is 2.15. The first-order valence-electron chi connectivity index (χ1n) is 8.61. The molecule has 0 saturated heterocycles. The molecule has 0 radical (unpaired) electrons. The van der Waals surface area contributed by atoms with Gasteiger partial charge in [-0.3, -0.25) is 0 Å². The van der Waals surface area contributed by atoms with Crippen molar-refractivity contribution < 1.29 is 4.52 Å². The zero-order valence-corrected chi connectivity index (χ0v) is 14.1. The van der Waals surface area contributed by atoms with Crippen molar-refractivity contribution in [1.29, 1.82) is 0 Å². The van der Waals surface area contributed by atoms with Gasteiger partial charge in [0, 0.05) is 12.0 Å². The zero-order valence-electron chi connectivity index (χ0n) is 14.1. The summed E-state index contributed by atoms with van der Waals surface area (Å²) in [6, 6.07) is 8.51. The highest BCUT2D eigenvalue weighted by atomic mass is 16.5. The third kappa shape index (κ3) is 5.28. The molecule has 0 atom stereocenters. The standard InChI is InChI=1S/C19H28N2O/c1-4-5-6-7-8-9-18-20-19(21-22-18)17-12-10-16(11-13-17)14-15(2)3/h10-13,15H,4-9,14H2,1-3H3. The molecule has 120 valence electrons. The Morgan fingerprint density at radius 3 is 2.41 bits per heavy atom. The highest BCUT2D eigenvalue weighted by Gasteiger charge is 2.08. The second-order valence-electron chi connectivity index (χ2n) is 6.47. The predicted molar refractivity (Wildman–Crippen MR) is 90.7 cm³/mol. The van der Waals surface area contributed by atoms with Gasteiger partial charge < -0.3 is 4.52 Å². The van der Waals surface area contributed by atoms with E-state index in [9.17, 15) is 0 Å². The maximum atomic E-state index is 5.36. The van der Waals surface area contributed by atoms with E-state index in [0.29, 0.717) is 11.7 Å². The van der Waals surface area contributed by atoms with Crippen LogP contribution in [0.3, 0.4) is 0 Å². The van der Waals surface area contributed by atoms with Crippen LogP contribution in [0.5, 0.6) is 0 Å². The Morgan fingerprint density at radius 2 is 1.73 bits per heavy atom. The first-order valence-corrected chi connectivity index (χ1v) is 8.61. The molecule has 1 heterocycles. The number of aryl methyl sites for hydroxylation is 1. The van der Waals surface area contributed by atoms with Gasteiger partial charge in [-0.2, -0.15) is 4.98 Å². The Morgan fingerprint density at radius 1 is 1.00 bits per heavy atom. The monoisotopic (exact) mass is 300 g/mol. The molecule has 2 rings (SSSR count). The van der Waals surface area contributed by atoms with Crippen LogP contribution >= 0.6 is 0 Å². The average molecular weight is 300 g/mol. The summed E-state index contributed by atoms with van der Waals surface area (Å²) in [6.07, 6.45) is 8.27. The summed E-state index contributed by atoms with van der Waals surface area (Å²) in [7, 11) is 0. The van der Waals surface area contributed by atoms with Crippen LogP contribution in [-0.2, 0) is 12.8 Å². The van der Waals surface area contributed by atoms with E-state index in [4.69, 9.17) is 4.52 Å². The van der Waals surface area contributed by atoms with Crippen molar-refractivity contribution in [3.63, 3.8) is 0 Å². The second kappa shape index (κ2) is 8.72. The smallest absolute Gasteiger partial charge is 0.226 e. The van der Waals surface area contributed by atoms with Crippen molar-refractivity contribution in [2.45, 2.75) is 65.7 Å². The van der Waals surface area contributed by atoms with E-state index in [-0.39, 0.29) is 0 Å². The van der Waals surface area contributed by atoms with Gasteiger partial charge in [0.2, 0.25) is 11.7 Å². The van der Waals surface area contributed by atoms with Gasteiger partial charge in [-0.1, -0.05) is 75.9 Å². The molecular formula is C19H28N2O. The maximum absolute atomic E-state index is 5.36. The van der Waals surface area contributed by atoms with Crippen LogP contribution in [0.4, 0.5) is 0 Å². The van der Waals surface area contributed by atoms with E-state index in [0.717, 1.165) is 30.7 Å². The lowest BCUT2D eigenvalue weighted by Crippen LogP contribution is -1.93. The minimum Gasteiger partial charge on any atom is -0.339 e. The van der Waals surface area contributed by atoms with Crippen molar-refractivity contribution in [3.05, 3.63) is 35.7 Å². The number of aromatic nitrogens is 2. The molecule has 1 aromatic heterocycles. The summed E-state index contributed by atoms with van der Waals surface area (Å²) >= 11 is 0. The summed E-state index contributed by atoms with van der Waals surface area (Å²) in [4.78, 5) is 4.51. The first kappa shape index (κ1) is 16.7. The Labute approximate surface area is 134 Å². The normalized spacial score (nSPS) is 11.3. The Kier molecular flexibility index (Phi) is 6.63. The van der Waals surface area contributed by atoms with Crippen molar-refractivity contribution in [1.82, 2.24) is 10.1 Å². The Bertz CT molecular complexity index is 543. The van der Waals surface area contributed by atoms with E-state index in [1.165, 1.54) is 31.2 Å². The molecule has 0 aliphatic rings. The Balaban J connectivity index is 1.87. The Hall–Kier alpha value is -1.64. The fourth-order valence-electron chi connectivity index (χ4n) is 2.61. The lowest BCUT2D eigenvalue weighted by Gasteiger charge is -2.04. The van der Waals surface area contributed by atoms with Crippen molar-refractivity contribution >= 4 is 0 Å². The third-order valence-electron chi connectivity index (χ3n) is 3.82. The molecule has 0 aliphatic heterocycles. The minimum absolute atomic E-state index is 0.676. The molecule has 0 unspecified atom stereocenters. The predicted octanol–water partition coefficient (Wildman–Crippen LogP) is 5.45. The van der Waals surface area contributed by atoms with Gasteiger partial charge in [0.15, 0.2) is 0 Å². The van der Waals surface area contributed by atoms with E-state index in [1.807, 2.05) is 0 Å². The second-order valence-corrected chi connectivity index (χ2v) is 6.47. The van der Waals surface area contributed by atoms with Gasteiger partial charge in [0.05, 0.1) is 0 Å². The van der Waals surface area contributed by atoms with E-state index >= 15 is 0 Å². The number of nitrogens with zero attached hydrogens (tertiary/aromatic N) is 2. The van der Waals surface area contributed by atoms with Crippen molar-refractivity contribution in [2.75, 3.05) is 0 Å². The molecule has 1 aromatic carbocycles. The molecule has 3 heteroatoms. The van der Waals surface area contributed by atoms with Crippen LogP contribution in [0.15, 0.2) is 28.8 Å². The molecule has 0 fully saturated rings. The molecule has 2 aromatic rings. The van der Waals surface area contributed by atoms with Crippen LogP contribution in [0.2, 0.25) is 0 Å². The van der Waals surface area contributed by atoms with Crippen LogP contribution < -0.4 is 0 Å². The SMILES string of the molecule is CCCCCCCc1nc(-c2ccc(CC(C)C)cc2)no1. The van der Waals surface area contributed by atoms with E-state index in [2.05, 4.69) is 55.2 Å². The fraction of sp³-hybridized carbons (Fsp3) is 0.579. The average Bonchev–Trinajstić information content (AvgIpc) is 2.96. The van der Waals surface area contributed by atoms with Crippen LogP contribution in [0, 0.1) is 5.92 Å². The minimum atomic E-state index is 0.676. The van der Waals surface area contributed by atoms with Crippen molar-refractivity contribution in [3.8, 4) is 11.4 Å². The van der Waals surface area contributed by atoms with Gasteiger partial charge in [-0.25, -0.2) is 0 Å². The van der Waals surface area contributed by atoms with Gasteiger partial charge in [-0.05, 0) is 24.3 Å². The largest absolute Gasteiger partial charge is 0.339 e. The number of unbranched alkanes of at least 4 members (excludes halogenated alkanes) is 4. The van der Waals surface area contributed by atoms with Crippen LogP contribution in [0.1, 0.15) is 64.3 Å². The third-order valence-corrected chi connectivity index (χ3v) is 3.82. The molecule has 0 saturated carbocycles. The van der Waals surface area contributed by atoms with E-state index in [1.54, 1.807) is 0 Å². The molecule has 0 aliphatic carbocycles. The fourth-order valence-corrected chi connectivity index (χ4v) is 2.61. The van der Waals surface area contributed by atoms with Crippen LogP contribution in [0.25, 0.3) is 11.4 Å². The maximum Gasteiger partial charge on any atom is 0.226 e. The molecule has 3 nitrogen and oxygen atoms in total. The molecule has 0 amide bonds. The molecule has 0 spiro atoms. The summed E-state index contributed by atoms with van der Waals surface area (Å²) < 4.78 is 5.36. The van der Waals surface area contributed by atoms with E-state index < -0.39 is 0 Å². The number of rotatable bonds is 9. The molecule has 0 N–H and O–H groups in total. The molecule has 22 heavy (non-hydrogen) atoms. The number of benzene rings is 1. The zero-order chi connectivity index (χ0) is 15.8.